The number of allylic oxidation sites excluding steroid dienone is 1. The number of rotatable bonds is 2. The molecular weight excluding hydrogens is 230 g/mol. The molecule has 1 aromatic rings. The molecule has 0 spiro atoms. The van der Waals surface area contributed by atoms with Gasteiger partial charge in [-0.2, -0.15) is 13.2 Å². The van der Waals surface area contributed by atoms with Gasteiger partial charge in [0.15, 0.2) is 0 Å². The van der Waals surface area contributed by atoms with E-state index in [1.165, 1.54) is 0 Å². The van der Waals surface area contributed by atoms with Crippen molar-refractivity contribution in [3.63, 3.8) is 0 Å². The lowest BCUT2D eigenvalue weighted by molar-refractivity contribution is -0.402. The van der Waals surface area contributed by atoms with Crippen LogP contribution in [0, 0.1) is 15.9 Å². The maximum absolute atomic E-state index is 12.5. The molecule has 0 aliphatic rings. The molecular formula is C9H5F4NO2. The average Bonchev–Trinajstić information content (AvgIpc) is 2.14. The lowest BCUT2D eigenvalue weighted by Crippen LogP contribution is -2.12. The van der Waals surface area contributed by atoms with Crippen LogP contribution in [0.5, 0.6) is 0 Å². The molecule has 0 fully saturated rings. The minimum atomic E-state index is -4.86. The highest BCUT2D eigenvalue weighted by molar-refractivity contribution is 5.68. The zero-order valence-electron chi connectivity index (χ0n) is 7.66. The molecule has 86 valence electrons. The van der Waals surface area contributed by atoms with Crippen LogP contribution in [-0.4, -0.2) is 11.1 Å². The molecule has 0 aliphatic heterocycles. The van der Waals surface area contributed by atoms with Gasteiger partial charge in [0.1, 0.15) is 11.4 Å². The smallest absolute Gasteiger partial charge is 0.259 e. The van der Waals surface area contributed by atoms with Crippen LogP contribution in [0.3, 0.4) is 0 Å². The Balaban J connectivity index is 3.23. The summed E-state index contributed by atoms with van der Waals surface area (Å²) in [6.07, 6.45) is -5.00. The van der Waals surface area contributed by atoms with Crippen LogP contribution in [0.1, 0.15) is 5.56 Å². The predicted octanol–water partition coefficient (Wildman–Crippen LogP) is 3.01. The highest BCUT2D eigenvalue weighted by atomic mass is 19.4. The van der Waals surface area contributed by atoms with Gasteiger partial charge in [0.2, 0.25) is 6.20 Å². The van der Waals surface area contributed by atoms with Gasteiger partial charge in [-0.25, -0.2) is 4.39 Å². The van der Waals surface area contributed by atoms with E-state index >= 15 is 0 Å². The minimum absolute atomic E-state index is 0.146. The van der Waals surface area contributed by atoms with Crippen molar-refractivity contribution in [2.24, 2.45) is 0 Å². The Morgan fingerprint density at radius 3 is 2.12 bits per heavy atom. The van der Waals surface area contributed by atoms with E-state index in [9.17, 15) is 27.7 Å². The third-order valence-electron chi connectivity index (χ3n) is 1.70. The van der Waals surface area contributed by atoms with Gasteiger partial charge in [0.05, 0.1) is 4.92 Å². The van der Waals surface area contributed by atoms with Crippen LogP contribution in [0.4, 0.5) is 17.6 Å². The molecule has 0 saturated heterocycles. The summed E-state index contributed by atoms with van der Waals surface area (Å²) in [6, 6.07) is 3.26. The van der Waals surface area contributed by atoms with Crippen molar-refractivity contribution in [2.75, 3.05) is 0 Å². The largest absolute Gasteiger partial charge is 0.422 e. The van der Waals surface area contributed by atoms with E-state index in [1.807, 2.05) is 0 Å². The monoisotopic (exact) mass is 235 g/mol. The first-order valence-electron chi connectivity index (χ1n) is 3.99. The molecule has 1 rings (SSSR count). The first kappa shape index (κ1) is 12.2. The summed E-state index contributed by atoms with van der Waals surface area (Å²) in [5.74, 6) is -0.716. The van der Waals surface area contributed by atoms with Gasteiger partial charge in [-0.3, -0.25) is 10.1 Å². The summed E-state index contributed by atoms with van der Waals surface area (Å²) in [6.45, 7) is 0. The highest BCUT2D eigenvalue weighted by Crippen LogP contribution is 2.33. The summed E-state index contributed by atoms with van der Waals surface area (Å²) < 4.78 is 49.7. The molecule has 0 amide bonds. The third kappa shape index (κ3) is 3.04. The minimum Gasteiger partial charge on any atom is -0.259 e. The van der Waals surface area contributed by atoms with E-state index in [0.29, 0.717) is 0 Å². The maximum atomic E-state index is 12.5. The van der Waals surface area contributed by atoms with Crippen LogP contribution in [0.25, 0.3) is 5.57 Å². The lowest BCUT2D eigenvalue weighted by Gasteiger charge is -2.08. The predicted molar refractivity (Wildman–Crippen MR) is 47.4 cm³/mol. The number of halogens is 4. The maximum Gasteiger partial charge on any atom is 0.422 e. The first-order valence-corrected chi connectivity index (χ1v) is 3.99. The van der Waals surface area contributed by atoms with Crippen molar-refractivity contribution in [2.45, 2.75) is 6.18 Å². The van der Waals surface area contributed by atoms with Gasteiger partial charge < -0.3 is 0 Å². The average molecular weight is 235 g/mol. The number of benzene rings is 1. The molecule has 0 aliphatic carbocycles. The fourth-order valence-electron chi connectivity index (χ4n) is 1.05. The summed E-state index contributed by atoms with van der Waals surface area (Å²) in [7, 11) is 0. The van der Waals surface area contributed by atoms with Crippen molar-refractivity contribution >= 4 is 5.57 Å². The van der Waals surface area contributed by atoms with Crippen molar-refractivity contribution < 1.29 is 22.5 Å². The standard InChI is InChI=1S/C9H5F4NO2/c10-7-3-1-6(2-4-7)8(5-14(15)16)9(11,12)13/h1-5H/b8-5+. The molecule has 0 aromatic heterocycles. The van der Waals surface area contributed by atoms with E-state index in [-0.39, 0.29) is 6.20 Å². The van der Waals surface area contributed by atoms with E-state index in [2.05, 4.69) is 0 Å². The Morgan fingerprint density at radius 1 is 1.25 bits per heavy atom. The molecule has 0 radical (unpaired) electrons. The van der Waals surface area contributed by atoms with Crippen molar-refractivity contribution in [1.29, 1.82) is 0 Å². The Morgan fingerprint density at radius 2 is 1.75 bits per heavy atom. The summed E-state index contributed by atoms with van der Waals surface area (Å²) >= 11 is 0. The Bertz CT molecular complexity index is 422. The van der Waals surface area contributed by atoms with Gasteiger partial charge >= 0.3 is 6.18 Å². The van der Waals surface area contributed by atoms with Crippen molar-refractivity contribution in [3.8, 4) is 0 Å². The molecule has 3 nitrogen and oxygen atoms in total. The van der Waals surface area contributed by atoms with E-state index < -0.39 is 28.1 Å². The van der Waals surface area contributed by atoms with Gasteiger partial charge in [-0.05, 0) is 17.7 Å². The van der Waals surface area contributed by atoms with Gasteiger partial charge in [0, 0.05) is 0 Å². The van der Waals surface area contributed by atoms with Gasteiger partial charge in [-0.15, -0.1) is 0 Å². The van der Waals surface area contributed by atoms with Crippen molar-refractivity contribution in [3.05, 3.63) is 52.0 Å². The Kier molecular flexibility index (Phi) is 3.26. The molecule has 7 heteroatoms. The number of hydrogen-bond acceptors (Lipinski definition) is 2. The zero-order chi connectivity index (χ0) is 12.3. The highest BCUT2D eigenvalue weighted by Gasteiger charge is 2.37. The summed E-state index contributed by atoms with van der Waals surface area (Å²) in [4.78, 5) is 8.85. The first-order chi connectivity index (χ1) is 7.30. The number of hydrogen-bond donors (Lipinski definition) is 0. The number of alkyl halides is 3. The zero-order valence-corrected chi connectivity index (χ0v) is 7.66. The molecule has 1 aromatic carbocycles. The number of nitrogens with zero attached hydrogens (tertiary/aromatic N) is 1. The molecule has 0 unspecified atom stereocenters. The second-order valence-corrected chi connectivity index (χ2v) is 2.83. The van der Waals surface area contributed by atoms with E-state index in [4.69, 9.17) is 0 Å². The van der Waals surface area contributed by atoms with Gasteiger partial charge in [-0.1, -0.05) is 12.1 Å². The molecule has 0 heterocycles. The Hall–Kier alpha value is -1.92. The molecule has 0 saturated carbocycles. The molecule has 0 N–H and O–H groups in total. The van der Waals surface area contributed by atoms with Gasteiger partial charge in [0.25, 0.3) is 0 Å². The SMILES string of the molecule is O=[N+]([O-])/C=C(\c1ccc(F)cc1)C(F)(F)F. The van der Waals surface area contributed by atoms with E-state index in [0.717, 1.165) is 24.3 Å². The second-order valence-electron chi connectivity index (χ2n) is 2.83. The fraction of sp³-hybridized carbons (Fsp3) is 0.111. The molecule has 0 bridgehead atoms. The molecule has 16 heavy (non-hydrogen) atoms. The van der Waals surface area contributed by atoms with Crippen LogP contribution in [0.2, 0.25) is 0 Å². The Labute approximate surface area is 87.2 Å². The number of nitro groups is 1. The third-order valence-corrected chi connectivity index (χ3v) is 1.70. The van der Waals surface area contributed by atoms with E-state index in [1.54, 1.807) is 0 Å². The molecule has 0 atom stereocenters. The van der Waals surface area contributed by atoms with Crippen LogP contribution < -0.4 is 0 Å². The van der Waals surface area contributed by atoms with Crippen LogP contribution in [-0.2, 0) is 0 Å². The van der Waals surface area contributed by atoms with Crippen LogP contribution in [0.15, 0.2) is 30.5 Å². The van der Waals surface area contributed by atoms with Crippen molar-refractivity contribution in [1.82, 2.24) is 0 Å². The quantitative estimate of drug-likeness (QED) is 0.449. The fourth-order valence-corrected chi connectivity index (χ4v) is 1.05. The second kappa shape index (κ2) is 4.30. The van der Waals surface area contributed by atoms with Crippen LogP contribution >= 0.6 is 0 Å². The summed E-state index contributed by atoms with van der Waals surface area (Å²) in [5, 5.41) is 10.1. The normalized spacial score (nSPS) is 12.6. The topological polar surface area (TPSA) is 43.1 Å². The lowest BCUT2D eigenvalue weighted by atomic mass is 10.1. The summed E-state index contributed by atoms with van der Waals surface area (Å²) in [5.41, 5.74) is -1.87.